The van der Waals surface area contributed by atoms with Gasteiger partial charge in [0.1, 0.15) is 18.5 Å². The summed E-state index contributed by atoms with van der Waals surface area (Å²) in [5.41, 5.74) is 3.36. The maximum absolute atomic E-state index is 12.5. The predicted molar refractivity (Wildman–Crippen MR) is 161 cm³/mol. The number of fused-ring (bicyclic) bond motifs is 2. The van der Waals surface area contributed by atoms with E-state index in [1.807, 2.05) is 0 Å². The lowest BCUT2D eigenvalue weighted by molar-refractivity contribution is -0.128. The van der Waals surface area contributed by atoms with Gasteiger partial charge in [-0.05, 0) is 50.9 Å². The lowest BCUT2D eigenvalue weighted by Gasteiger charge is -2.41. The van der Waals surface area contributed by atoms with Crippen molar-refractivity contribution in [3.63, 3.8) is 0 Å². The number of hydrogen-bond acceptors (Lipinski definition) is 7. The molecule has 1 aromatic heterocycles. The van der Waals surface area contributed by atoms with Gasteiger partial charge in [-0.15, -0.1) is 0 Å². The molecule has 6 rings (SSSR count). The molecule has 2 aliphatic heterocycles. The first-order valence-electron chi connectivity index (χ1n) is 14.4. The number of hydrogen-bond donors (Lipinski definition) is 0. The second kappa shape index (κ2) is 11.0. The van der Waals surface area contributed by atoms with Gasteiger partial charge in [-0.2, -0.15) is 9.97 Å². The number of amides is 1. The fraction of sp³-hybridized carbons (Fsp3) is 0.438. The van der Waals surface area contributed by atoms with E-state index in [2.05, 4.69) is 82.7 Å². The number of aromatic nitrogens is 2. The molecule has 1 saturated heterocycles. The van der Waals surface area contributed by atoms with Gasteiger partial charge in [0.15, 0.2) is 0 Å². The van der Waals surface area contributed by atoms with E-state index in [1.54, 1.807) is 4.90 Å². The molecule has 3 aliphatic rings. The Morgan fingerprint density at radius 3 is 2.71 bits per heavy atom. The van der Waals surface area contributed by atoms with Crippen LogP contribution in [0.1, 0.15) is 24.1 Å². The first-order chi connectivity index (χ1) is 19.9. The summed E-state index contributed by atoms with van der Waals surface area (Å²) in [6.07, 6.45) is 4.34. The molecular weight excluding hydrogens is 514 g/mol. The van der Waals surface area contributed by atoms with Crippen LogP contribution < -0.4 is 14.5 Å². The van der Waals surface area contributed by atoms with Crippen molar-refractivity contribution < 1.29 is 9.53 Å². The van der Waals surface area contributed by atoms with Gasteiger partial charge in [0.05, 0.1) is 17.8 Å². The number of nitrogens with zero attached hydrogens (tertiary/aromatic N) is 7. The summed E-state index contributed by atoms with van der Waals surface area (Å²) in [7, 11) is 4.19. The summed E-state index contributed by atoms with van der Waals surface area (Å²) in [5, 5.41) is 2.45. The molecule has 1 saturated carbocycles. The molecule has 0 bridgehead atoms. The van der Waals surface area contributed by atoms with Crippen LogP contribution in [0.3, 0.4) is 0 Å². The monoisotopic (exact) mass is 551 g/mol. The Hall–Kier alpha value is -4.16. The molecule has 1 aliphatic carbocycles. The second-order valence-corrected chi connectivity index (χ2v) is 11.5. The van der Waals surface area contributed by atoms with Crippen molar-refractivity contribution >= 4 is 28.2 Å². The second-order valence-electron chi connectivity index (χ2n) is 11.5. The zero-order valence-corrected chi connectivity index (χ0v) is 23.9. The Kier molecular flexibility index (Phi) is 7.26. The Morgan fingerprint density at radius 1 is 1.15 bits per heavy atom. The van der Waals surface area contributed by atoms with Crippen molar-refractivity contribution in [2.24, 2.45) is 0 Å². The van der Waals surface area contributed by atoms with E-state index in [0.717, 1.165) is 42.9 Å². The molecule has 9 nitrogen and oxygen atoms in total. The first kappa shape index (κ1) is 27.0. The van der Waals surface area contributed by atoms with E-state index in [-0.39, 0.29) is 24.0 Å². The van der Waals surface area contributed by atoms with Crippen molar-refractivity contribution in [3.05, 3.63) is 77.8 Å². The molecule has 212 valence electrons. The number of rotatable bonds is 8. The van der Waals surface area contributed by atoms with Crippen molar-refractivity contribution in [3.8, 4) is 6.01 Å². The van der Waals surface area contributed by atoms with E-state index >= 15 is 0 Å². The SMILES string of the molecule is [C-]#[N+]CC1CN(c2nc(OCC3(N(C)C)CC3)nc3c2CCN(c2cccc4ccccc24)C3)CCN1C(=O)C=C. The van der Waals surface area contributed by atoms with Crippen LogP contribution >= 0.6 is 0 Å². The molecule has 3 heterocycles. The lowest BCUT2D eigenvalue weighted by atomic mass is 10.0. The lowest BCUT2D eigenvalue weighted by Crippen LogP contribution is -2.56. The molecule has 1 unspecified atom stereocenters. The number of carbonyl (C=O) groups excluding carboxylic acids is 1. The van der Waals surface area contributed by atoms with Crippen LogP contribution in [0, 0.1) is 6.57 Å². The first-order valence-corrected chi connectivity index (χ1v) is 14.4. The van der Waals surface area contributed by atoms with Gasteiger partial charge in [-0.3, -0.25) is 4.79 Å². The van der Waals surface area contributed by atoms with Gasteiger partial charge in [0, 0.05) is 42.8 Å². The third-order valence-electron chi connectivity index (χ3n) is 8.92. The Morgan fingerprint density at radius 2 is 1.95 bits per heavy atom. The average molecular weight is 552 g/mol. The van der Waals surface area contributed by atoms with Crippen LogP contribution in [0.15, 0.2) is 55.1 Å². The number of likely N-dealkylation sites (N-methyl/N-ethyl adjacent to an activating group) is 1. The van der Waals surface area contributed by atoms with Gasteiger partial charge in [0.25, 0.3) is 0 Å². The maximum Gasteiger partial charge on any atom is 0.318 e. The summed E-state index contributed by atoms with van der Waals surface area (Å²) < 4.78 is 6.32. The fourth-order valence-electron chi connectivity index (χ4n) is 6.18. The fourth-order valence-corrected chi connectivity index (χ4v) is 6.18. The number of benzene rings is 2. The molecule has 0 radical (unpaired) electrons. The van der Waals surface area contributed by atoms with Gasteiger partial charge in [-0.1, -0.05) is 43.0 Å². The highest BCUT2D eigenvalue weighted by molar-refractivity contribution is 5.94. The Labute approximate surface area is 241 Å². The topological polar surface area (TPSA) is 69.4 Å². The molecule has 0 spiro atoms. The van der Waals surface area contributed by atoms with Crippen LogP contribution in [-0.2, 0) is 17.8 Å². The largest absolute Gasteiger partial charge is 0.461 e. The molecule has 1 atom stereocenters. The van der Waals surface area contributed by atoms with Crippen LogP contribution in [0.5, 0.6) is 6.01 Å². The van der Waals surface area contributed by atoms with Gasteiger partial charge in [-0.25, -0.2) is 6.57 Å². The van der Waals surface area contributed by atoms with Gasteiger partial charge >= 0.3 is 6.01 Å². The molecular formula is C32H37N7O2. The van der Waals surface area contributed by atoms with E-state index < -0.39 is 0 Å². The molecule has 9 heteroatoms. The molecule has 2 fully saturated rings. The zero-order valence-electron chi connectivity index (χ0n) is 23.9. The molecule has 2 aromatic carbocycles. The minimum Gasteiger partial charge on any atom is -0.461 e. The van der Waals surface area contributed by atoms with Gasteiger partial charge < -0.3 is 29.2 Å². The zero-order chi connectivity index (χ0) is 28.6. The van der Waals surface area contributed by atoms with Crippen LogP contribution in [-0.4, -0.2) is 90.7 Å². The Bertz CT molecular complexity index is 1500. The molecule has 41 heavy (non-hydrogen) atoms. The van der Waals surface area contributed by atoms with Crippen LogP contribution in [0.2, 0.25) is 0 Å². The van der Waals surface area contributed by atoms with E-state index in [1.165, 1.54) is 22.5 Å². The predicted octanol–water partition coefficient (Wildman–Crippen LogP) is 3.79. The normalized spacial score (nSPS) is 19.6. The summed E-state index contributed by atoms with van der Waals surface area (Å²) in [6, 6.07) is 15.1. The van der Waals surface area contributed by atoms with Crippen molar-refractivity contribution in [1.82, 2.24) is 19.8 Å². The number of ether oxygens (including phenoxy) is 1. The standard InChI is InChI=1S/C32H37N7O2/c1-5-29(40)39-18-17-38(20-24(39)19-33-2)30-26-13-16-37(28-12-8-10-23-9-6-7-11-25(23)28)21-27(26)34-31(35-30)41-22-32(14-15-32)36(3)4/h5-12,24H,1,13-22H2,3-4H3. The number of carbonyl (C=O) groups is 1. The highest BCUT2D eigenvalue weighted by Crippen LogP contribution is 2.41. The summed E-state index contributed by atoms with van der Waals surface area (Å²) in [5.74, 6) is 0.745. The smallest absolute Gasteiger partial charge is 0.318 e. The highest BCUT2D eigenvalue weighted by atomic mass is 16.5. The summed E-state index contributed by atoms with van der Waals surface area (Å²) in [6.45, 7) is 15.1. The van der Waals surface area contributed by atoms with Crippen molar-refractivity contribution in [2.75, 3.05) is 63.2 Å². The van der Waals surface area contributed by atoms with Crippen molar-refractivity contribution in [2.45, 2.75) is 37.4 Å². The minimum atomic E-state index is -0.221. The quantitative estimate of drug-likeness (QED) is 0.312. The van der Waals surface area contributed by atoms with Crippen LogP contribution in [0.25, 0.3) is 15.6 Å². The Balaban J connectivity index is 1.34. The number of piperazine rings is 1. The third-order valence-corrected chi connectivity index (χ3v) is 8.92. The van der Waals surface area contributed by atoms with Crippen LogP contribution in [0.4, 0.5) is 11.5 Å². The van der Waals surface area contributed by atoms with E-state index in [0.29, 0.717) is 38.8 Å². The van der Waals surface area contributed by atoms with E-state index in [9.17, 15) is 4.79 Å². The highest BCUT2D eigenvalue weighted by Gasteiger charge is 2.46. The summed E-state index contributed by atoms with van der Waals surface area (Å²) in [4.78, 5) is 34.7. The minimum absolute atomic E-state index is 0.0474. The maximum atomic E-state index is 12.5. The molecule has 3 aromatic rings. The van der Waals surface area contributed by atoms with Gasteiger partial charge in [0.2, 0.25) is 12.5 Å². The van der Waals surface area contributed by atoms with E-state index in [4.69, 9.17) is 21.3 Å². The average Bonchev–Trinajstić information content (AvgIpc) is 3.80. The summed E-state index contributed by atoms with van der Waals surface area (Å²) >= 11 is 0. The molecule has 0 N–H and O–H groups in total. The third kappa shape index (κ3) is 5.20. The number of anilines is 2. The van der Waals surface area contributed by atoms with Crippen molar-refractivity contribution in [1.29, 1.82) is 0 Å². The molecule has 1 amide bonds.